The highest BCUT2D eigenvalue weighted by molar-refractivity contribution is 9.10. The maximum absolute atomic E-state index is 11.0. The van der Waals surface area contributed by atoms with Gasteiger partial charge in [0.2, 0.25) is 0 Å². The number of nitrogens with zero attached hydrogens (tertiary/aromatic N) is 1. The van der Waals surface area contributed by atoms with E-state index in [0.29, 0.717) is 22.3 Å². The van der Waals surface area contributed by atoms with Gasteiger partial charge in [-0.1, -0.05) is 0 Å². The summed E-state index contributed by atoms with van der Waals surface area (Å²) in [6.45, 7) is 0.669. The van der Waals surface area contributed by atoms with E-state index in [2.05, 4.69) is 15.9 Å². The van der Waals surface area contributed by atoms with Gasteiger partial charge < -0.3 is 10.6 Å². The Bertz CT molecular complexity index is 393. The van der Waals surface area contributed by atoms with Gasteiger partial charge in [0.25, 0.3) is 5.24 Å². The molecule has 0 atom stereocenters. The fourth-order valence-electron chi connectivity index (χ4n) is 1.26. The quantitative estimate of drug-likeness (QED) is 0.687. The Morgan fingerprint density at radius 1 is 1.53 bits per heavy atom. The molecule has 0 radical (unpaired) electrons. The van der Waals surface area contributed by atoms with Gasteiger partial charge >= 0.3 is 0 Å². The standard InChI is InChI=1S/C10H12BrClN2O/c1-14(2)5-7-3-6(10(12)15)4-8(11)9(7)13/h3-4H,5,13H2,1-2H3. The highest BCUT2D eigenvalue weighted by Crippen LogP contribution is 2.26. The molecular formula is C10H12BrClN2O. The molecule has 0 heterocycles. The zero-order valence-electron chi connectivity index (χ0n) is 8.55. The number of nitrogen functional groups attached to an aromatic ring is 1. The molecule has 0 aliphatic carbocycles. The summed E-state index contributed by atoms with van der Waals surface area (Å²) >= 11 is 8.72. The Hall–Kier alpha value is -0.580. The third kappa shape index (κ3) is 3.19. The monoisotopic (exact) mass is 290 g/mol. The SMILES string of the molecule is CN(C)Cc1cc(C(=O)Cl)cc(Br)c1N. The molecule has 2 N–H and O–H groups in total. The van der Waals surface area contributed by atoms with Crippen molar-refractivity contribution in [2.75, 3.05) is 19.8 Å². The van der Waals surface area contributed by atoms with Crippen LogP contribution in [0.3, 0.4) is 0 Å². The minimum absolute atomic E-state index is 0.453. The third-order valence-corrected chi connectivity index (χ3v) is 2.80. The second-order valence-electron chi connectivity index (χ2n) is 3.54. The van der Waals surface area contributed by atoms with Crippen molar-refractivity contribution in [2.24, 2.45) is 0 Å². The first kappa shape index (κ1) is 12.5. The topological polar surface area (TPSA) is 46.3 Å². The van der Waals surface area contributed by atoms with Crippen LogP contribution in [0.2, 0.25) is 0 Å². The van der Waals surface area contributed by atoms with Gasteiger partial charge in [-0.3, -0.25) is 4.79 Å². The number of carbonyl (C=O) groups is 1. The van der Waals surface area contributed by atoms with E-state index in [0.717, 1.165) is 5.56 Å². The van der Waals surface area contributed by atoms with Gasteiger partial charge in [0.1, 0.15) is 0 Å². The van der Waals surface area contributed by atoms with Crippen molar-refractivity contribution in [3.05, 3.63) is 27.7 Å². The van der Waals surface area contributed by atoms with Crippen molar-refractivity contribution in [1.29, 1.82) is 0 Å². The molecule has 3 nitrogen and oxygen atoms in total. The summed E-state index contributed by atoms with van der Waals surface area (Å²) in [5.74, 6) is 0. The van der Waals surface area contributed by atoms with E-state index in [4.69, 9.17) is 17.3 Å². The lowest BCUT2D eigenvalue weighted by Gasteiger charge is -2.13. The number of carbonyl (C=O) groups excluding carboxylic acids is 1. The Balaban J connectivity index is 3.19. The fourth-order valence-corrected chi connectivity index (χ4v) is 1.87. The lowest BCUT2D eigenvalue weighted by molar-refractivity contribution is 0.108. The molecule has 0 spiro atoms. The maximum Gasteiger partial charge on any atom is 0.252 e. The average Bonchev–Trinajstić information content (AvgIpc) is 2.11. The molecule has 0 bridgehead atoms. The molecule has 0 saturated carbocycles. The molecule has 0 fully saturated rings. The first-order valence-corrected chi connectivity index (χ1v) is 5.51. The predicted molar refractivity (Wildman–Crippen MR) is 66.1 cm³/mol. The molecule has 0 aliphatic rings. The van der Waals surface area contributed by atoms with E-state index < -0.39 is 5.24 Å². The summed E-state index contributed by atoms with van der Waals surface area (Å²) in [5.41, 5.74) is 7.86. The molecule has 0 saturated heterocycles. The zero-order valence-corrected chi connectivity index (χ0v) is 10.9. The lowest BCUT2D eigenvalue weighted by Crippen LogP contribution is -2.13. The van der Waals surface area contributed by atoms with E-state index in [-0.39, 0.29) is 0 Å². The normalized spacial score (nSPS) is 10.7. The summed E-state index contributed by atoms with van der Waals surface area (Å²) in [7, 11) is 3.87. The van der Waals surface area contributed by atoms with Crippen LogP contribution in [0.25, 0.3) is 0 Å². The molecule has 5 heteroatoms. The molecule has 82 valence electrons. The summed E-state index contributed by atoms with van der Waals surface area (Å²) < 4.78 is 0.700. The Kier molecular flexibility index (Phi) is 4.13. The summed E-state index contributed by atoms with van der Waals surface area (Å²) in [6.07, 6.45) is 0. The van der Waals surface area contributed by atoms with E-state index in [1.165, 1.54) is 0 Å². The Labute approximate surface area is 102 Å². The summed E-state index contributed by atoms with van der Waals surface area (Å²) in [6, 6.07) is 3.35. The van der Waals surface area contributed by atoms with Crippen molar-refractivity contribution < 1.29 is 4.79 Å². The number of anilines is 1. The number of benzene rings is 1. The van der Waals surface area contributed by atoms with Gasteiger partial charge in [-0.15, -0.1) is 0 Å². The van der Waals surface area contributed by atoms with E-state index in [1.54, 1.807) is 12.1 Å². The Morgan fingerprint density at radius 2 is 2.13 bits per heavy atom. The van der Waals surface area contributed by atoms with Crippen molar-refractivity contribution in [2.45, 2.75) is 6.54 Å². The highest BCUT2D eigenvalue weighted by Gasteiger charge is 2.10. The predicted octanol–water partition coefficient (Wildman–Crippen LogP) is 2.47. The van der Waals surface area contributed by atoms with E-state index in [1.807, 2.05) is 19.0 Å². The van der Waals surface area contributed by atoms with Crippen molar-refractivity contribution in [1.82, 2.24) is 4.90 Å². The molecular weight excluding hydrogens is 279 g/mol. The number of rotatable bonds is 3. The largest absolute Gasteiger partial charge is 0.398 e. The van der Waals surface area contributed by atoms with Gasteiger partial charge in [0.05, 0.1) is 5.69 Å². The fraction of sp³-hybridized carbons (Fsp3) is 0.300. The van der Waals surface area contributed by atoms with Crippen LogP contribution in [0.5, 0.6) is 0 Å². The number of hydrogen-bond donors (Lipinski definition) is 1. The molecule has 1 rings (SSSR count). The summed E-state index contributed by atoms with van der Waals surface area (Å²) in [4.78, 5) is 13.0. The molecule has 15 heavy (non-hydrogen) atoms. The smallest absolute Gasteiger partial charge is 0.252 e. The van der Waals surface area contributed by atoms with Crippen LogP contribution in [-0.4, -0.2) is 24.2 Å². The van der Waals surface area contributed by atoms with Crippen LogP contribution in [0.15, 0.2) is 16.6 Å². The summed E-state index contributed by atoms with van der Waals surface area (Å²) in [5, 5.41) is -0.476. The number of hydrogen-bond acceptors (Lipinski definition) is 3. The van der Waals surface area contributed by atoms with Gasteiger partial charge in [0, 0.05) is 16.6 Å². The van der Waals surface area contributed by atoms with Gasteiger partial charge in [-0.05, 0) is 59.3 Å². The van der Waals surface area contributed by atoms with Gasteiger partial charge in [-0.25, -0.2) is 0 Å². The minimum atomic E-state index is -0.476. The van der Waals surface area contributed by atoms with Crippen LogP contribution in [0, 0.1) is 0 Å². The van der Waals surface area contributed by atoms with Crippen LogP contribution in [0.4, 0.5) is 5.69 Å². The molecule has 0 aliphatic heterocycles. The molecule has 0 unspecified atom stereocenters. The third-order valence-electron chi connectivity index (χ3n) is 1.93. The highest BCUT2D eigenvalue weighted by atomic mass is 79.9. The van der Waals surface area contributed by atoms with Crippen LogP contribution >= 0.6 is 27.5 Å². The van der Waals surface area contributed by atoms with Crippen molar-refractivity contribution in [3.8, 4) is 0 Å². The maximum atomic E-state index is 11.0. The first-order valence-electron chi connectivity index (χ1n) is 4.34. The zero-order chi connectivity index (χ0) is 11.6. The second-order valence-corrected chi connectivity index (χ2v) is 4.74. The van der Waals surface area contributed by atoms with Gasteiger partial charge in [0.15, 0.2) is 0 Å². The molecule has 0 amide bonds. The average molecular weight is 292 g/mol. The van der Waals surface area contributed by atoms with Crippen LogP contribution in [0.1, 0.15) is 15.9 Å². The molecule has 1 aromatic carbocycles. The van der Waals surface area contributed by atoms with Crippen LogP contribution in [-0.2, 0) is 6.54 Å². The molecule has 0 aromatic heterocycles. The van der Waals surface area contributed by atoms with Crippen LogP contribution < -0.4 is 5.73 Å². The minimum Gasteiger partial charge on any atom is -0.398 e. The number of halogens is 2. The lowest BCUT2D eigenvalue weighted by atomic mass is 10.1. The number of nitrogens with two attached hydrogens (primary N) is 1. The second kappa shape index (κ2) is 4.96. The van der Waals surface area contributed by atoms with Gasteiger partial charge in [-0.2, -0.15) is 0 Å². The van der Waals surface area contributed by atoms with E-state index >= 15 is 0 Å². The first-order chi connectivity index (χ1) is 6.91. The van der Waals surface area contributed by atoms with Crippen molar-refractivity contribution in [3.63, 3.8) is 0 Å². The Morgan fingerprint density at radius 3 is 2.60 bits per heavy atom. The van der Waals surface area contributed by atoms with E-state index in [9.17, 15) is 4.79 Å². The van der Waals surface area contributed by atoms with Crippen molar-refractivity contribution >= 4 is 38.5 Å². The molecule has 1 aromatic rings.